The molecule has 48 heavy (non-hydrogen) atoms. The SMILES string of the molecule is CO[C@H]1/C=C/CCC[S@@](=O)(NC(=O)CCc2cnoc2)=NC(=O)c2ccc3c(c2)N(Cc2ccc(Cl)cc2CCCCO3)C[C@@H]2CC[C@H]21. The van der Waals surface area contributed by atoms with Gasteiger partial charge in [-0.3, -0.25) is 14.3 Å². The molecular formula is C36H43ClN4O6S. The Hall–Kier alpha value is -3.67. The lowest BCUT2D eigenvalue weighted by Gasteiger charge is -2.43. The molecule has 10 nitrogen and oxygen atoms in total. The highest BCUT2D eigenvalue weighted by Gasteiger charge is 2.38. The van der Waals surface area contributed by atoms with E-state index in [9.17, 15) is 13.8 Å². The third kappa shape index (κ3) is 8.48. The van der Waals surface area contributed by atoms with Gasteiger partial charge < -0.3 is 18.9 Å². The van der Waals surface area contributed by atoms with Crippen LogP contribution in [0.1, 0.15) is 72.0 Å². The summed E-state index contributed by atoms with van der Waals surface area (Å²) < 4.78 is 38.1. The molecule has 3 aliphatic rings. The summed E-state index contributed by atoms with van der Waals surface area (Å²) in [6.07, 6.45) is 13.4. The summed E-state index contributed by atoms with van der Waals surface area (Å²) in [6, 6.07) is 11.4. The van der Waals surface area contributed by atoms with Crippen LogP contribution in [0.15, 0.2) is 69.9 Å². The molecule has 256 valence electrons. The number of fused-ring (bicyclic) bond motifs is 3. The molecule has 2 aliphatic heterocycles. The number of nitrogens with zero attached hydrogens (tertiary/aromatic N) is 3. The van der Waals surface area contributed by atoms with Crippen molar-refractivity contribution in [3.63, 3.8) is 0 Å². The minimum absolute atomic E-state index is 0.0330. The van der Waals surface area contributed by atoms with E-state index in [4.69, 9.17) is 25.6 Å². The van der Waals surface area contributed by atoms with Crippen LogP contribution in [-0.2, 0) is 38.8 Å². The molecule has 6 rings (SSSR count). The van der Waals surface area contributed by atoms with Crippen molar-refractivity contribution in [1.29, 1.82) is 0 Å². The largest absolute Gasteiger partial charge is 0.491 e. The van der Waals surface area contributed by atoms with Crippen molar-refractivity contribution >= 4 is 39.0 Å². The predicted molar refractivity (Wildman–Crippen MR) is 185 cm³/mol. The molecule has 3 heterocycles. The Balaban J connectivity index is 1.39. The predicted octanol–water partition coefficient (Wildman–Crippen LogP) is 6.71. The van der Waals surface area contributed by atoms with Crippen molar-refractivity contribution in [2.75, 3.05) is 30.9 Å². The van der Waals surface area contributed by atoms with Gasteiger partial charge in [0.15, 0.2) is 0 Å². The molecule has 2 amide bonds. The van der Waals surface area contributed by atoms with Crippen molar-refractivity contribution in [1.82, 2.24) is 9.88 Å². The maximum atomic E-state index is 14.2. The van der Waals surface area contributed by atoms with Gasteiger partial charge in [-0.1, -0.05) is 35.0 Å². The number of nitrogens with one attached hydrogen (secondary N) is 1. The fourth-order valence-corrected chi connectivity index (χ4v) is 8.58. The summed E-state index contributed by atoms with van der Waals surface area (Å²) in [6.45, 7) is 1.88. The summed E-state index contributed by atoms with van der Waals surface area (Å²) in [5.41, 5.74) is 4.21. The van der Waals surface area contributed by atoms with Gasteiger partial charge in [-0.05, 0) is 105 Å². The van der Waals surface area contributed by atoms with E-state index in [1.807, 2.05) is 18.2 Å². The second kappa shape index (κ2) is 15.7. The van der Waals surface area contributed by atoms with Crippen molar-refractivity contribution in [3.8, 4) is 5.75 Å². The number of halogens is 1. The zero-order valence-corrected chi connectivity index (χ0v) is 28.8. The van der Waals surface area contributed by atoms with Gasteiger partial charge in [0.25, 0.3) is 5.91 Å². The van der Waals surface area contributed by atoms with E-state index in [1.54, 1.807) is 19.2 Å². The van der Waals surface area contributed by atoms with Gasteiger partial charge in [-0.2, -0.15) is 0 Å². The van der Waals surface area contributed by atoms with E-state index in [0.717, 1.165) is 49.9 Å². The third-order valence-corrected chi connectivity index (χ3v) is 11.6. The molecule has 2 aromatic carbocycles. The smallest absolute Gasteiger partial charge is 0.286 e. The molecule has 4 atom stereocenters. The molecule has 0 saturated heterocycles. The number of methoxy groups -OCH3 is 1. The zero-order chi connectivity index (χ0) is 33.5. The van der Waals surface area contributed by atoms with Crippen molar-refractivity contribution in [2.24, 2.45) is 16.2 Å². The summed E-state index contributed by atoms with van der Waals surface area (Å²) in [5.74, 6) is 0.320. The van der Waals surface area contributed by atoms with Crippen LogP contribution in [0.5, 0.6) is 5.75 Å². The lowest BCUT2D eigenvalue weighted by atomic mass is 9.70. The molecular weight excluding hydrogens is 652 g/mol. The zero-order valence-electron chi connectivity index (χ0n) is 27.3. The maximum Gasteiger partial charge on any atom is 0.286 e. The Morgan fingerprint density at radius 1 is 1.15 bits per heavy atom. The second-order valence-electron chi connectivity index (χ2n) is 12.9. The number of allylic oxidation sites excluding steroid dienone is 1. The lowest BCUT2D eigenvalue weighted by Crippen LogP contribution is -2.43. The first kappa shape index (κ1) is 34.2. The van der Waals surface area contributed by atoms with Crippen LogP contribution in [0.2, 0.25) is 5.02 Å². The number of carbonyl (C=O) groups excluding carboxylic acids is 2. The quantitative estimate of drug-likeness (QED) is 0.292. The van der Waals surface area contributed by atoms with E-state index in [1.165, 1.54) is 23.6 Å². The van der Waals surface area contributed by atoms with E-state index in [-0.39, 0.29) is 23.8 Å². The number of anilines is 1. The number of amides is 2. The fourth-order valence-electron chi connectivity index (χ4n) is 6.76. The summed E-state index contributed by atoms with van der Waals surface area (Å²) in [4.78, 5) is 29.0. The van der Waals surface area contributed by atoms with Gasteiger partial charge in [0.2, 0.25) is 5.91 Å². The molecule has 1 fully saturated rings. The van der Waals surface area contributed by atoms with Crippen LogP contribution in [0.25, 0.3) is 0 Å². The maximum absolute atomic E-state index is 14.2. The highest BCUT2D eigenvalue weighted by atomic mass is 35.5. The number of hydrogen-bond acceptors (Lipinski definition) is 8. The number of rotatable bonds is 5. The van der Waals surface area contributed by atoms with Crippen LogP contribution >= 0.6 is 11.6 Å². The Bertz CT molecular complexity index is 1750. The highest BCUT2D eigenvalue weighted by molar-refractivity contribution is 7.92. The van der Waals surface area contributed by atoms with E-state index >= 15 is 0 Å². The fraction of sp³-hybridized carbons (Fsp3) is 0.472. The van der Waals surface area contributed by atoms with Gasteiger partial charge in [-0.25, -0.2) is 4.21 Å². The molecule has 1 aliphatic carbocycles. The van der Waals surface area contributed by atoms with Gasteiger partial charge in [0.05, 0.1) is 30.3 Å². The minimum Gasteiger partial charge on any atom is -0.491 e. The number of aromatic nitrogens is 1. The first-order chi connectivity index (χ1) is 23.3. The molecule has 12 heteroatoms. The van der Waals surface area contributed by atoms with Gasteiger partial charge >= 0.3 is 0 Å². The molecule has 1 N–H and O–H groups in total. The average molecular weight is 695 g/mol. The van der Waals surface area contributed by atoms with Gasteiger partial charge in [-0.15, -0.1) is 4.36 Å². The average Bonchev–Trinajstić information content (AvgIpc) is 3.57. The van der Waals surface area contributed by atoms with Crippen molar-refractivity contribution in [3.05, 3.63) is 88.3 Å². The minimum atomic E-state index is -3.43. The lowest BCUT2D eigenvalue weighted by molar-refractivity contribution is -0.119. The molecule has 0 spiro atoms. The van der Waals surface area contributed by atoms with Crippen molar-refractivity contribution < 1.29 is 27.8 Å². The highest BCUT2D eigenvalue weighted by Crippen LogP contribution is 2.42. The van der Waals surface area contributed by atoms with Crippen LogP contribution in [0, 0.1) is 11.8 Å². The van der Waals surface area contributed by atoms with Gasteiger partial charge in [0.1, 0.15) is 21.9 Å². The Kier molecular flexibility index (Phi) is 11.2. The van der Waals surface area contributed by atoms with E-state index in [2.05, 4.69) is 37.4 Å². The summed E-state index contributed by atoms with van der Waals surface area (Å²) >= 11 is 6.44. The van der Waals surface area contributed by atoms with Crippen LogP contribution in [-0.4, -0.2) is 53.3 Å². The molecule has 1 saturated carbocycles. The Labute approximate surface area is 287 Å². The number of benzene rings is 2. The summed E-state index contributed by atoms with van der Waals surface area (Å²) in [5, 5.41) is 4.38. The molecule has 2 bridgehead atoms. The van der Waals surface area contributed by atoms with Gasteiger partial charge in [0, 0.05) is 42.8 Å². The normalized spacial score (nSPS) is 25.6. The summed E-state index contributed by atoms with van der Waals surface area (Å²) in [7, 11) is -1.68. The van der Waals surface area contributed by atoms with Crippen LogP contribution in [0.3, 0.4) is 0 Å². The van der Waals surface area contributed by atoms with E-state index < -0.39 is 21.7 Å². The standard InChI is InChI=1S/C36H43ClN4O6S/c1-45-33-8-3-2-6-18-48(44,39-35(42)16-9-25-21-38-47-24-25)40-36(43)27-12-15-34-32(20-27)41(23-29-11-14-31(29)33)22-28-10-13-30(37)19-26(28)7-4-5-17-46-34/h3,8,10,12-13,15,19-21,24,29,31,33H,2,4-7,9,11,14,16-18,22-23H2,1H3,(H,39,40,42,43,44)/b8-3+/t29-,31+,33-,48+/m0/s1. The monoisotopic (exact) mass is 694 g/mol. The first-order valence-electron chi connectivity index (χ1n) is 16.8. The number of hydrogen-bond donors (Lipinski definition) is 1. The third-order valence-electron chi connectivity index (χ3n) is 9.54. The van der Waals surface area contributed by atoms with E-state index in [0.29, 0.717) is 55.0 Å². The molecule has 0 unspecified atom stereocenters. The molecule has 0 radical (unpaired) electrons. The van der Waals surface area contributed by atoms with Crippen LogP contribution < -0.4 is 14.4 Å². The first-order valence-corrected chi connectivity index (χ1v) is 18.8. The second-order valence-corrected chi connectivity index (χ2v) is 15.4. The molecule has 1 aromatic heterocycles. The molecule has 3 aromatic rings. The van der Waals surface area contributed by atoms with Crippen LogP contribution in [0.4, 0.5) is 5.69 Å². The topological polar surface area (TPSA) is 123 Å². The van der Waals surface area contributed by atoms with Crippen molar-refractivity contribution in [2.45, 2.75) is 70.4 Å². The number of ether oxygens (including phenoxy) is 2. The number of carbonyl (C=O) groups is 2. The Morgan fingerprint density at radius 2 is 2.04 bits per heavy atom. The Morgan fingerprint density at radius 3 is 2.83 bits per heavy atom. The number of aryl methyl sites for hydroxylation is 2.